The molecule has 0 spiro atoms. The van der Waals surface area contributed by atoms with E-state index in [2.05, 4.69) is 9.71 Å². The minimum Gasteiger partial charge on any atom is -0.496 e. The molecule has 1 aliphatic carbocycles. The highest BCUT2D eigenvalue weighted by molar-refractivity contribution is 7.89. The van der Waals surface area contributed by atoms with E-state index < -0.39 is 10.0 Å². The van der Waals surface area contributed by atoms with Gasteiger partial charge in [-0.15, -0.1) is 0 Å². The summed E-state index contributed by atoms with van der Waals surface area (Å²) in [5.41, 5.74) is 3.08. The van der Waals surface area contributed by atoms with E-state index in [1.54, 1.807) is 31.6 Å². The van der Waals surface area contributed by atoms with Gasteiger partial charge < -0.3 is 9.47 Å². The monoisotopic (exact) mass is 402 g/mol. The Kier molecular flexibility index (Phi) is 5.66. The zero-order valence-electron chi connectivity index (χ0n) is 16.1. The van der Waals surface area contributed by atoms with E-state index in [0.29, 0.717) is 18.1 Å². The third kappa shape index (κ3) is 3.92. The van der Waals surface area contributed by atoms with Gasteiger partial charge in [-0.05, 0) is 73.1 Å². The van der Waals surface area contributed by atoms with Crippen LogP contribution in [0.4, 0.5) is 0 Å². The first-order valence-electron chi connectivity index (χ1n) is 9.76. The number of ether oxygens (including phenoxy) is 2. The molecule has 1 aromatic heterocycles. The zero-order valence-corrected chi connectivity index (χ0v) is 16.9. The number of methoxy groups -OCH3 is 1. The van der Waals surface area contributed by atoms with Gasteiger partial charge in [-0.2, -0.15) is 0 Å². The van der Waals surface area contributed by atoms with E-state index in [1.165, 1.54) is 0 Å². The Balaban J connectivity index is 1.57. The molecule has 150 valence electrons. The summed E-state index contributed by atoms with van der Waals surface area (Å²) in [5, 5.41) is 0. The third-order valence-electron chi connectivity index (χ3n) is 5.71. The Hall–Kier alpha value is -1.96. The van der Waals surface area contributed by atoms with E-state index in [9.17, 15) is 8.42 Å². The van der Waals surface area contributed by atoms with Crippen molar-refractivity contribution in [3.8, 4) is 5.75 Å². The van der Waals surface area contributed by atoms with Crippen molar-refractivity contribution in [1.29, 1.82) is 0 Å². The molecule has 1 saturated heterocycles. The lowest BCUT2D eigenvalue weighted by Gasteiger charge is -2.24. The second kappa shape index (κ2) is 8.19. The largest absolute Gasteiger partial charge is 0.496 e. The smallest absolute Gasteiger partial charge is 0.241 e. The van der Waals surface area contributed by atoms with Crippen molar-refractivity contribution in [3.05, 3.63) is 53.3 Å². The average Bonchev–Trinajstić information content (AvgIpc) is 3.13. The van der Waals surface area contributed by atoms with E-state index in [-0.39, 0.29) is 12.0 Å². The lowest BCUT2D eigenvalue weighted by Crippen LogP contribution is -2.41. The van der Waals surface area contributed by atoms with Crippen molar-refractivity contribution in [3.63, 3.8) is 0 Å². The first-order valence-corrected chi connectivity index (χ1v) is 11.2. The second-order valence-corrected chi connectivity index (χ2v) is 9.20. The van der Waals surface area contributed by atoms with Crippen LogP contribution in [0.3, 0.4) is 0 Å². The van der Waals surface area contributed by atoms with Crippen LogP contribution in [0.2, 0.25) is 0 Å². The number of nitrogens with one attached hydrogen (secondary N) is 1. The SMILES string of the molecule is COc1ccc(S(=O)(=O)N[C@H]2COC[C@H]2Cc2ccncc2)c2c1CCCC2. The molecule has 2 aromatic rings. The predicted molar refractivity (Wildman–Crippen MR) is 106 cm³/mol. The van der Waals surface area contributed by atoms with Crippen molar-refractivity contribution in [2.24, 2.45) is 5.92 Å². The summed E-state index contributed by atoms with van der Waals surface area (Å²) in [6.07, 6.45) is 7.96. The van der Waals surface area contributed by atoms with Gasteiger partial charge in [0.25, 0.3) is 0 Å². The van der Waals surface area contributed by atoms with E-state index in [0.717, 1.165) is 54.5 Å². The lowest BCUT2D eigenvalue weighted by atomic mass is 9.91. The van der Waals surface area contributed by atoms with Crippen molar-refractivity contribution >= 4 is 10.0 Å². The van der Waals surface area contributed by atoms with Crippen LogP contribution in [-0.4, -0.2) is 39.8 Å². The number of aromatic nitrogens is 1. The van der Waals surface area contributed by atoms with Crippen molar-refractivity contribution in [2.75, 3.05) is 20.3 Å². The number of pyridine rings is 1. The molecule has 1 fully saturated rings. The number of sulfonamides is 1. The Bertz CT molecular complexity index is 931. The summed E-state index contributed by atoms with van der Waals surface area (Å²) in [4.78, 5) is 4.43. The van der Waals surface area contributed by atoms with Gasteiger partial charge in [0.1, 0.15) is 5.75 Å². The van der Waals surface area contributed by atoms with Gasteiger partial charge in [0.05, 0.1) is 31.3 Å². The average molecular weight is 403 g/mol. The van der Waals surface area contributed by atoms with E-state index >= 15 is 0 Å². The normalized spacial score (nSPS) is 22.0. The van der Waals surface area contributed by atoms with Gasteiger partial charge in [0.15, 0.2) is 0 Å². The first kappa shape index (κ1) is 19.4. The van der Waals surface area contributed by atoms with Gasteiger partial charge in [0.2, 0.25) is 10.0 Å². The van der Waals surface area contributed by atoms with Crippen molar-refractivity contribution in [1.82, 2.24) is 9.71 Å². The standard InChI is InChI=1S/C21H26N2O4S/c1-26-20-6-7-21(18-5-3-2-4-17(18)20)28(24,25)23-19-14-27-13-16(19)12-15-8-10-22-11-9-15/h6-11,16,19,23H,2-5,12-14H2,1H3/t16-,19+/m1/s1. The molecule has 2 atom stereocenters. The Morgan fingerprint density at radius 1 is 1.11 bits per heavy atom. The summed E-state index contributed by atoms with van der Waals surface area (Å²) in [6.45, 7) is 0.948. The summed E-state index contributed by atoms with van der Waals surface area (Å²) in [6, 6.07) is 7.14. The summed E-state index contributed by atoms with van der Waals surface area (Å²) >= 11 is 0. The minimum atomic E-state index is -3.63. The van der Waals surface area contributed by atoms with Gasteiger partial charge in [-0.3, -0.25) is 4.98 Å². The topological polar surface area (TPSA) is 77.5 Å². The van der Waals surface area contributed by atoms with Gasteiger partial charge >= 0.3 is 0 Å². The molecule has 7 heteroatoms. The summed E-state index contributed by atoms with van der Waals surface area (Å²) in [7, 11) is -2.00. The van der Waals surface area contributed by atoms with E-state index in [4.69, 9.17) is 9.47 Å². The van der Waals surface area contributed by atoms with Crippen LogP contribution in [0.25, 0.3) is 0 Å². The number of fused-ring (bicyclic) bond motifs is 1. The number of benzene rings is 1. The summed E-state index contributed by atoms with van der Waals surface area (Å²) < 4.78 is 40.5. The van der Waals surface area contributed by atoms with Crippen LogP contribution in [0, 0.1) is 5.92 Å². The third-order valence-corrected chi connectivity index (χ3v) is 7.28. The van der Waals surface area contributed by atoms with Crippen LogP contribution < -0.4 is 9.46 Å². The number of rotatable bonds is 6. The number of hydrogen-bond acceptors (Lipinski definition) is 5. The minimum absolute atomic E-state index is 0.103. The summed E-state index contributed by atoms with van der Waals surface area (Å²) in [5.74, 6) is 0.889. The van der Waals surface area contributed by atoms with Crippen LogP contribution in [0.15, 0.2) is 41.6 Å². The highest BCUT2D eigenvalue weighted by Crippen LogP contribution is 2.34. The number of hydrogen-bond donors (Lipinski definition) is 1. The molecular weight excluding hydrogens is 376 g/mol. The highest BCUT2D eigenvalue weighted by atomic mass is 32.2. The molecule has 1 aromatic carbocycles. The maximum absolute atomic E-state index is 13.2. The van der Waals surface area contributed by atoms with Crippen LogP contribution in [-0.2, 0) is 34.0 Å². The van der Waals surface area contributed by atoms with Crippen LogP contribution in [0.1, 0.15) is 29.5 Å². The molecule has 4 rings (SSSR count). The predicted octanol–water partition coefficient (Wildman–Crippen LogP) is 2.51. The zero-order chi connectivity index (χ0) is 19.6. The fourth-order valence-electron chi connectivity index (χ4n) is 4.26. The second-order valence-electron chi connectivity index (χ2n) is 7.52. The van der Waals surface area contributed by atoms with Crippen LogP contribution >= 0.6 is 0 Å². The molecule has 2 aliphatic rings. The Morgan fingerprint density at radius 2 is 1.86 bits per heavy atom. The molecule has 0 unspecified atom stereocenters. The van der Waals surface area contributed by atoms with Gasteiger partial charge in [0, 0.05) is 18.3 Å². The molecule has 2 heterocycles. The van der Waals surface area contributed by atoms with Crippen LogP contribution in [0.5, 0.6) is 5.75 Å². The molecule has 0 radical (unpaired) electrons. The molecule has 0 amide bonds. The fourth-order valence-corrected chi connectivity index (χ4v) is 5.84. The molecule has 0 saturated carbocycles. The maximum atomic E-state index is 13.2. The molecule has 28 heavy (non-hydrogen) atoms. The molecular formula is C21H26N2O4S. The molecule has 1 N–H and O–H groups in total. The lowest BCUT2D eigenvalue weighted by molar-refractivity contribution is 0.183. The first-order chi connectivity index (χ1) is 13.6. The maximum Gasteiger partial charge on any atom is 0.241 e. The van der Waals surface area contributed by atoms with Gasteiger partial charge in [-0.25, -0.2) is 13.1 Å². The van der Waals surface area contributed by atoms with Crippen molar-refractivity contribution < 1.29 is 17.9 Å². The molecule has 1 aliphatic heterocycles. The highest BCUT2D eigenvalue weighted by Gasteiger charge is 2.34. The molecule has 0 bridgehead atoms. The van der Waals surface area contributed by atoms with Crippen molar-refractivity contribution in [2.45, 2.75) is 43.0 Å². The van der Waals surface area contributed by atoms with Gasteiger partial charge in [-0.1, -0.05) is 0 Å². The Morgan fingerprint density at radius 3 is 2.61 bits per heavy atom. The number of nitrogens with zero attached hydrogens (tertiary/aromatic N) is 1. The Labute approximate surface area is 166 Å². The quantitative estimate of drug-likeness (QED) is 0.803. The van der Waals surface area contributed by atoms with E-state index in [1.807, 2.05) is 12.1 Å². The fraction of sp³-hybridized carbons (Fsp3) is 0.476. The molecule has 6 nitrogen and oxygen atoms in total.